The van der Waals surface area contributed by atoms with Gasteiger partial charge in [0.2, 0.25) is 0 Å². The van der Waals surface area contributed by atoms with Crippen LogP contribution in [0.4, 0.5) is 0 Å². The Bertz CT molecular complexity index is 595. The highest BCUT2D eigenvalue weighted by molar-refractivity contribution is 5.78. The number of pyridine rings is 1. The molecule has 0 unspecified atom stereocenters. The zero-order valence-electron chi connectivity index (χ0n) is 8.38. The number of hydrogen-bond acceptors (Lipinski definition) is 3. The second-order valence-corrected chi connectivity index (χ2v) is 3.53. The number of aromatic hydroxyl groups is 1. The Morgan fingerprint density at radius 2 is 1.88 bits per heavy atom. The van der Waals surface area contributed by atoms with Crippen LogP contribution in [0.5, 0.6) is 5.75 Å². The molecule has 1 aromatic carbocycles. The minimum atomic E-state index is 0.251. The van der Waals surface area contributed by atoms with Crippen molar-refractivity contribution in [2.45, 2.75) is 0 Å². The van der Waals surface area contributed by atoms with Crippen LogP contribution in [-0.2, 0) is 0 Å². The van der Waals surface area contributed by atoms with Crippen LogP contribution >= 0.6 is 0 Å². The number of phenols is 1. The highest BCUT2D eigenvalue weighted by atomic mass is 16.3. The van der Waals surface area contributed by atoms with Crippen molar-refractivity contribution in [3.05, 3.63) is 42.7 Å². The molecule has 0 aliphatic rings. The van der Waals surface area contributed by atoms with Crippen LogP contribution < -0.4 is 0 Å². The first-order valence-electron chi connectivity index (χ1n) is 4.92. The molecule has 0 aliphatic carbocycles. The van der Waals surface area contributed by atoms with Gasteiger partial charge in [0.05, 0.1) is 11.7 Å². The normalized spacial score (nSPS) is 10.8. The molecule has 3 rings (SSSR count). The Labute approximate surface area is 91.6 Å². The molecule has 0 atom stereocenters. The maximum atomic E-state index is 9.20. The lowest BCUT2D eigenvalue weighted by Crippen LogP contribution is -1.78. The smallest absolute Gasteiger partial charge is 0.138 e. The van der Waals surface area contributed by atoms with E-state index in [1.165, 1.54) is 0 Å². The van der Waals surface area contributed by atoms with Crippen LogP contribution in [0.2, 0.25) is 0 Å². The lowest BCUT2D eigenvalue weighted by atomic mass is 10.2. The Hall–Kier alpha value is -2.36. The van der Waals surface area contributed by atoms with E-state index in [0.29, 0.717) is 0 Å². The van der Waals surface area contributed by atoms with Crippen molar-refractivity contribution in [2.75, 3.05) is 0 Å². The van der Waals surface area contributed by atoms with E-state index in [4.69, 9.17) is 0 Å². The number of aromatic amines is 1. The summed E-state index contributed by atoms with van der Waals surface area (Å²) in [6.07, 6.45) is 3.44. The summed E-state index contributed by atoms with van der Waals surface area (Å²) in [4.78, 5) is 11.6. The standard InChI is InChI=1S/C12H9N3O/c16-9-3-1-8(2-4-9)12-14-10-5-6-13-7-11(10)15-12/h1-7,16H,(H,14,15). The quantitative estimate of drug-likeness (QED) is 0.649. The monoisotopic (exact) mass is 211 g/mol. The van der Waals surface area contributed by atoms with E-state index in [1.54, 1.807) is 24.5 Å². The topological polar surface area (TPSA) is 61.8 Å². The predicted octanol–water partition coefficient (Wildman–Crippen LogP) is 2.33. The third-order valence-corrected chi connectivity index (χ3v) is 2.43. The average molecular weight is 211 g/mol. The molecule has 3 aromatic rings. The van der Waals surface area contributed by atoms with Crippen molar-refractivity contribution < 1.29 is 5.11 Å². The molecule has 4 nitrogen and oxygen atoms in total. The van der Waals surface area contributed by atoms with Crippen molar-refractivity contribution in [3.63, 3.8) is 0 Å². The minimum Gasteiger partial charge on any atom is -0.508 e. The Morgan fingerprint density at radius 3 is 2.62 bits per heavy atom. The minimum absolute atomic E-state index is 0.251. The van der Waals surface area contributed by atoms with Crippen molar-refractivity contribution in [3.8, 4) is 17.1 Å². The van der Waals surface area contributed by atoms with E-state index < -0.39 is 0 Å². The highest BCUT2D eigenvalue weighted by Crippen LogP contribution is 2.21. The van der Waals surface area contributed by atoms with Crippen LogP contribution in [0.15, 0.2) is 42.7 Å². The molecule has 4 heteroatoms. The van der Waals surface area contributed by atoms with Crippen LogP contribution in [-0.4, -0.2) is 20.1 Å². The lowest BCUT2D eigenvalue weighted by molar-refractivity contribution is 0.475. The number of rotatable bonds is 1. The summed E-state index contributed by atoms with van der Waals surface area (Å²) in [5, 5.41) is 9.20. The third kappa shape index (κ3) is 1.40. The molecular weight excluding hydrogens is 202 g/mol. The van der Waals surface area contributed by atoms with Gasteiger partial charge in [0.1, 0.15) is 17.1 Å². The van der Waals surface area contributed by atoms with Gasteiger partial charge in [-0.05, 0) is 30.3 Å². The second kappa shape index (κ2) is 3.34. The zero-order valence-corrected chi connectivity index (χ0v) is 8.38. The predicted molar refractivity (Wildman–Crippen MR) is 61.0 cm³/mol. The first kappa shape index (κ1) is 8.91. The van der Waals surface area contributed by atoms with Crippen molar-refractivity contribution >= 4 is 11.0 Å². The molecule has 16 heavy (non-hydrogen) atoms. The van der Waals surface area contributed by atoms with Gasteiger partial charge in [0, 0.05) is 11.8 Å². The Kier molecular flexibility index (Phi) is 1.86. The second-order valence-electron chi connectivity index (χ2n) is 3.53. The number of aromatic nitrogens is 3. The average Bonchev–Trinajstić information content (AvgIpc) is 2.73. The molecule has 2 N–H and O–H groups in total. The zero-order chi connectivity index (χ0) is 11.0. The number of H-pyrrole nitrogens is 1. The van der Waals surface area contributed by atoms with Crippen LogP contribution in [0.3, 0.4) is 0 Å². The number of imidazole rings is 1. The summed E-state index contributed by atoms with van der Waals surface area (Å²) >= 11 is 0. The van der Waals surface area contributed by atoms with Gasteiger partial charge in [0.15, 0.2) is 0 Å². The maximum absolute atomic E-state index is 9.20. The first-order chi connectivity index (χ1) is 7.83. The molecule has 2 heterocycles. The summed E-state index contributed by atoms with van der Waals surface area (Å²) in [5.74, 6) is 1.03. The summed E-state index contributed by atoms with van der Waals surface area (Å²) in [5.41, 5.74) is 2.73. The van der Waals surface area contributed by atoms with E-state index in [9.17, 15) is 5.11 Å². The summed E-state index contributed by atoms with van der Waals surface area (Å²) in [6, 6.07) is 8.80. The molecule has 0 radical (unpaired) electrons. The number of benzene rings is 1. The van der Waals surface area contributed by atoms with E-state index in [1.807, 2.05) is 18.2 Å². The van der Waals surface area contributed by atoms with Crippen molar-refractivity contribution in [1.29, 1.82) is 0 Å². The molecule has 0 fully saturated rings. The van der Waals surface area contributed by atoms with E-state index >= 15 is 0 Å². The fourth-order valence-electron chi connectivity index (χ4n) is 1.61. The number of nitrogens with one attached hydrogen (secondary N) is 1. The maximum Gasteiger partial charge on any atom is 0.138 e. The fraction of sp³-hybridized carbons (Fsp3) is 0. The Balaban J connectivity index is 2.15. The number of fused-ring (bicyclic) bond motifs is 1. The molecule has 0 aliphatic heterocycles. The molecular formula is C12H9N3O. The largest absolute Gasteiger partial charge is 0.508 e. The van der Waals surface area contributed by atoms with Crippen molar-refractivity contribution in [1.82, 2.24) is 15.0 Å². The molecule has 0 saturated heterocycles. The summed E-state index contributed by atoms with van der Waals surface area (Å²) in [6.45, 7) is 0. The Morgan fingerprint density at radius 1 is 1.06 bits per heavy atom. The van der Waals surface area contributed by atoms with Crippen LogP contribution in [0.25, 0.3) is 22.4 Å². The number of nitrogens with zero attached hydrogens (tertiary/aromatic N) is 2. The van der Waals surface area contributed by atoms with Gasteiger partial charge in [0.25, 0.3) is 0 Å². The van der Waals surface area contributed by atoms with Gasteiger partial charge in [-0.2, -0.15) is 0 Å². The first-order valence-corrected chi connectivity index (χ1v) is 4.92. The third-order valence-electron chi connectivity index (χ3n) is 2.43. The summed E-state index contributed by atoms with van der Waals surface area (Å²) in [7, 11) is 0. The molecule has 0 amide bonds. The molecule has 78 valence electrons. The molecule has 0 spiro atoms. The SMILES string of the molecule is Oc1ccc(-c2nc3cnccc3[nH]2)cc1. The van der Waals surface area contributed by atoms with Gasteiger partial charge in [-0.1, -0.05) is 0 Å². The van der Waals surface area contributed by atoms with E-state index in [2.05, 4.69) is 15.0 Å². The van der Waals surface area contributed by atoms with Gasteiger partial charge in [-0.15, -0.1) is 0 Å². The van der Waals surface area contributed by atoms with Gasteiger partial charge in [-0.3, -0.25) is 4.98 Å². The molecule has 0 bridgehead atoms. The fourth-order valence-corrected chi connectivity index (χ4v) is 1.61. The number of phenolic OH excluding ortho intramolecular Hbond substituents is 1. The molecule has 0 saturated carbocycles. The van der Waals surface area contributed by atoms with E-state index in [0.717, 1.165) is 22.4 Å². The highest BCUT2D eigenvalue weighted by Gasteiger charge is 2.04. The van der Waals surface area contributed by atoms with Crippen LogP contribution in [0, 0.1) is 0 Å². The molecule has 2 aromatic heterocycles. The van der Waals surface area contributed by atoms with Gasteiger partial charge < -0.3 is 10.1 Å². The van der Waals surface area contributed by atoms with Crippen molar-refractivity contribution in [2.24, 2.45) is 0 Å². The van der Waals surface area contributed by atoms with E-state index in [-0.39, 0.29) is 5.75 Å². The number of hydrogen-bond donors (Lipinski definition) is 2. The summed E-state index contributed by atoms with van der Waals surface area (Å²) < 4.78 is 0. The van der Waals surface area contributed by atoms with Gasteiger partial charge in [-0.25, -0.2) is 4.98 Å². The van der Waals surface area contributed by atoms with Gasteiger partial charge >= 0.3 is 0 Å². The lowest BCUT2D eigenvalue weighted by Gasteiger charge is -1.95. The van der Waals surface area contributed by atoms with Crippen LogP contribution in [0.1, 0.15) is 0 Å².